The molecule has 0 fully saturated rings. The van der Waals surface area contributed by atoms with Gasteiger partial charge in [0.1, 0.15) is 35.8 Å². The number of methoxy groups -OCH3 is 1. The standard InChI is InChI=1S/C18H14N2O2/c1-21-18-4-2-3-15(10-18)13-22-17-7-5-14(6-8-17)9-16(11-19)12-20/h2-10H,13H2,1H3. The first-order valence-corrected chi connectivity index (χ1v) is 6.63. The highest BCUT2D eigenvalue weighted by atomic mass is 16.5. The van der Waals surface area contributed by atoms with Gasteiger partial charge in [-0.25, -0.2) is 0 Å². The lowest BCUT2D eigenvalue weighted by atomic mass is 10.1. The van der Waals surface area contributed by atoms with Crippen LogP contribution in [0.25, 0.3) is 6.08 Å². The fraction of sp³-hybridized carbons (Fsp3) is 0.111. The minimum atomic E-state index is 0.0741. The Labute approximate surface area is 129 Å². The van der Waals surface area contributed by atoms with Gasteiger partial charge in [-0.3, -0.25) is 0 Å². The van der Waals surface area contributed by atoms with Gasteiger partial charge in [0.25, 0.3) is 0 Å². The summed E-state index contributed by atoms with van der Waals surface area (Å²) in [7, 11) is 1.63. The summed E-state index contributed by atoms with van der Waals surface area (Å²) >= 11 is 0. The van der Waals surface area contributed by atoms with Crippen molar-refractivity contribution in [2.24, 2.45) is 0 Å². The molecule has 0 bridgehead atoms. The van der Waals surface area contributed by atoms with Gasteiger partial charge in [0.2, 0.25) is 0 Å². The van der Waals surface area contributed by atoms with Crippen molar-refractivity contribution < 1.29 is 9.47 Å². The van der Waals surface area contributed by atoms with E-state index < -0.39 is 0 Å². The van der Waals surface area contributed by atoms with E-state index in [-0.39, 0.29) is 5.57 Å². The van der Waals surface area contributed by atoms with Crippen molar-refractivity contribution >= 4 is 6.08 Å². The molecule has 0 unspecified atom stereocenters. The first-order valence-electron chi connectivity index (χ1n) is 6.63. The first kappa shape index (κ1) is 15.2. The summed E-state index contributed by atoms with van der Waals surface area (Å²) in [6.45, 7) is 0.439. The molecule has 0 radical (unpaired) electrons. The Bertz CT molecular complexity index is 734. The molecule has 0 heterocycles. The number of benzene rings is 2. The Morgan fingerprint density at radius 1 is 1.05 bits per heavy atom. The topological polar surface area (TPSA) is 66.0 Å². The van der Waals surface area contributed by atoms with Crippen LogP contribution in [0.4, 0.5) is 0 Å². The minimum absolute atomic E-state index is 0.0741. The smallest absolute Gasteiger partial charge is 0.130 e. The van der Waals surface area contributed by atoms with E-state index in [9.17, 15) is 0 Å². The van der Waals surface area contributed by atoms with Crippen molar-refractivity contribution in [1.29, 1.82) is 10.5 Å². The quantitative estimate of drug-likeness (QED) is 0.787. The van der Waals surface area contributed by atoms with Crippen molar-refractivity contribution in [1.82, 2.24) is 0 Å². The summed E-state index contributed by atoms with van der Waals surface area (Å²) < 4.78 is 10.9. The van der Waals surface area contributed by atoms with E-state index in [0.29, 0.717) is 6.61 Å². The van der Waals surface area contributed by atoms with Crippen molar-refractivity contribution in [2.75, 3.05) is 7.11 Å². The first-order chi connectivity index (χ1) is 10.7. The summed E-state index contributed by atoms with van der Waals surface area (Å²) in [6.07, 6.45) is 1.53. The zero-order chi connectivity index (χ0) is 15.8. The van der Waals surface area contributed by atoms with Gasteiger partial charge in [0, 0.05) is 0 Å². The Morgan fingerprint density at radius 2 is 1.77 bits per heavy atom. The lowest BCUT2D eigenvalue weighted by Gasteiger charge is -2.08. The molecule has 2 aromatic carbocycles. The number of nitrogens with zero attached hydrogens (tertiary/aromatic N) is 2. The van der Waals surface area contributed by atoms with Crippen LogP contribution in [-0.2, 0) is 6.61 Å². The zero-order valence-electron chi connectivity index (χ0n) is 12.1. The van der Waals surface area contributed by atoms with E-state index >= 15 is 0 Å². The van der Waals surface area contributed by atoms with Crippen LogP contribution in [0.5, 0.6) is 11.5 Å². The van der Waals surface area contributed by atoms with Gasteiger partial charge >= 0.3 is 0 Å². The van der Waals surface area contributed by atoms with Crippen LogP contribution in [0.3, 0.4) is 0 Å². The molecule has 0 N–H and O–H groups in total. The van der Waals surface area contributed by atoms with Crippen LogP contribution in [-0.4, -0.2) is 7.11 Å². The van der Waals surface area contributed by atoms with Crippen LogP contribution in [0.15, 0.2) is 54.1 Å². The highest BCUT2D eigenvalue weighted by Gasteiger charge is 1.99. The molecule has 0 saturated heterocycles. The molecule has 2 rings (SSSR count). The van der Waals surface area contributed by atoms with Gasteiger partial charge in [0.15, 0.2) is 0 Å². The third kappa shape index (κ3) is 4.13. The highest BCUT2D eigenvalue weighted by molar-refractivity contribution is 5.62. The van der Waals surface area contributed by atoms with Crippen LogP contribution in [0.1, 0.15) is 11.1 Å². The summed E-state index contributed by atoms with van der Waals surface area (Å²) in [4.78, 5) is 0. The molecule has 4 heteroatoms. The monoisotopic (exact) mass is 290 g/mol. The Kier molecular flexibility index (Phi) is 5.18. The average molecular weight is 290 g/mol. The Morgan fingerprint density at radius 3 is 2.41 bits per heavy atom. The minimum Gasteiger partial charge on any atom is -0.497 e. The van der Waals surface area contributed by atoms with E-state index in [1.165, 1.54) is 6.08 Å². The second-order valence-corrected chi connectivity index (χ2v) is 4.49. The van der Waals surface area contributed by atoms with E-state index in [0.717, 1.165) is 22.6 Å². The van der Waals surface area contributed by atoms with Crippen LogP contribution < -0.4 is 9.47 Å². The molecule has 2 aromatic rings. The predicted octanol–water partition coefficient (Wildman–Crippen LogP) is 3.70. The SMILES string of the molecule is COc1cccc(COc2ccc(C=C(C#N)C#N)cc2)c1. The molecule has 4 nitrogen and oxygen atoms in total. The number of hydrogen-bond donors (Lipinski definition) is 0. The van der Waals surface area contributed by atoms with E-state index in [1.807, 2.05) is 36.4 Å². The van der Waals surface area contributed by atoms with Gasteiger partial charge in [-0.2, -0.15) is 10.5 Å². The van der Waals surface area contributed by atoms with Crippen LogP contribution in [0.2, 0.25) is 0 Å². The average Bonchev–Trinajstić information content (AvgIpc) is 2.59. The summed E-state index contributed by atoms with van der Waals surface area (Å²) in [5.41, 5.74) is 1.87. The number of hydrogen-bond acceptors (Lipinski definition) is 4. The molecule has 0 aliphatic carbocycles. The Balaban J connectivity index is 2.01. The zero-order valence-corrected chi connectivity index (χ0v) is 12.1. The van der Waals surface area contributed by atoms with E-state index in [2.05, 4.69) is 0 Å². The van der Waals surface area contributed by atoms with Gasteiger partial charge in [-0.1, -0.05) is 24.3 Å². The molecular formula is C18H14N2O2. The van der Waals surface area contributed by atoms with Crippen molar-refractivity contribution in [3.05, 3.63) is 65.2 Å². The third-order valence-corrected chi connectivity index (χ3v) is 2.97. The lowest BCUT2D eigenvalue weighted by Crippen LogP contribution is -1.96. The highest BCUT2D eigenvalue weighted by Crippen LogP contribution is 2.18. The second kappa shape index (κ2) is 7.52. The summed E-state index contributed by atoms with van der Waals surface area (Å²) in [5, 5.41) is 17.4. The maximum absolute atomic E-state index is 8.72. The molecule has 0 atom stereocenters. The molecule has 22 heavy (non-hydrogen) atoms. The molecular weight excluding hydrogens is 276 g/mol. The van der Waals surface area contributed by atoms with Gasteiger partial charge in [-0.15, -0.1) is 0 Å². The number of allylic oxidation sites excluding steroid dienone is 1. The molecule has 0 spiro atoms. The van der Waals surface area contributed by atoms with Crippen molar-refractivity contribution in [3.63, 3.8) is 0 Å². The van der Waals surface area contributed by atoms with Gasteiger partial charge < -0.3 is 9.47 Å². The fourth-order valence-corrected chi connectivity index (χ4v) is 1.85. The van der Waals surface area contributed by atoms with E-state index in [1.54, 1.807) is 31.4 Å². The predicted molar refractivity (Wildman–Crippen MR) is 83.0 cm³/mol. The Hall–Kier alpha value is -3.24. The van der Waals surface area contributed by atoms with Crippen LogP contribution >= 0.6 is 0 Å². The third-order valence-electron chi connectivity index (χ3n) is 2.97. The number of ether oxygens (including phenoxy) is 2. The molecule has 0 saturated carbocycles. The van der Waals surface area contributed by atoms with Gasteiger partial charge in [-0.05, 0) is 41.5 Å². The summed E-state index contributed by atoms with van der Waals surface area (Å²) in [5.74, 6) is 1.51. The number of rotatable bonds is 5. The molecule has 108 valence electrons. The van der Waals surface area contributed by atoms with Crippen molar-refractivity contribution in [3.8, 4) is 23.6 Å². The number of nitriles is 2. The molecule has 0 aliphatic heterocycles. The maximum atomic E-state index is 8.72. The molecule has 0 aromatic heterocycles. The molecule has 0 aliphatic rings. The van der Waals surface area contributed by atoms with Crippen molar-refractivity contribution in [2.45, 2.75) is 6.61 Å². The normalized spacial score (nSPS) is 9.23. The fourth-order valence-electron chi connectivity index (χ4n) is 1.85. The van der Waals surface area contributed by atoms with Gasteiger partial charge in [0.05, 0.1) is 7.11 Å². The lowest BCUT2D eigenvalue weighted by molar-refractivity contribution is 0.305. The van der Waals surface area contributed by atoms with Crippen LogP contribution in [0, 0.1) is 22.7 Å². The maximum Gasteiger partial charge on any atom is 0.130 e. The second-order valence-electron chi connectivity index (χ2n) is 4.49. The largest absolute Gasteiger partial charge is 0.497 e. The molecule has 0 amide bonds. The summed E-state index contributed by atoms with van der Waals surface area (Å²) in [6, 6.07) is 18.5. The van der Waals surface area contributed by atoms with E-state index in [4.69, 9.17) is 20.0 Å².